The summed E-state index contributed by atoms with van der Waals surface area (Å²) >= 11 is 1.35. The monoisotopic (exact) mass is 383 g/mol. The van der Waals surface area contributed by atoms with E-state index in [1.807, 2.05) is 24.3 Å². The summed E-state index contributed by atoms with van der Waals surface area (Å²) < 4.78 is 5.06. The van der Waals surface area contributed by atoms with Gasteiger partial charge in [0.2, 0.25) is 0 Å². The Morgan fingerprint density at radius 2 is 2.00 bits per heavy atom. The molecule has 1 N–H and O–H groups in total. The normalized spacial score (nSPS) is 15.1. The minimum atomic E-state index is -0.818. The van der Waals surface area contributed by atoms with Gasteiger partial charge >= 0.3 is 5.97 Å². The van der Waals surface area contributed by atoms with Crippen molar-refractivity contribution in [2.75, 3.05) is 6.61 Å². The molecule has 6 nitrogen and oxygen atoms in total. The van der Waals surface area contributed by atoms with Crippen molar-refractivity contribution in [1.82, 2.24) is 10.3 Å². The number of nitrogens with one attached hydrogen (secondary N) is 1. The van der Waals surface area contributed by atoms with Gasteiger partial charge in [-0.15, -0.1) is 11.3 Å². The predicted octanol–water partition coefficient (Wildman–Crippen LogP) is 3.48. The van der Waals surface area contributed by atoms with Crippen LogP contribution in [0.15, 0.2) is 29.6 Å². The molecule has 1 aliphatic carbocycles. The van der Waals surface area contributed by atoms with Crippen LogP contribution in [0.5, 0.6) is 0 Å². The van der Waals surface area contributed by atoms with E-state index in [1.54, 1.807) is 5.38 Å². The number of hydrogen-bond donors (Lipinski definition) is 1. The van der Waals surface area contributed by atoms with E-state index in [9.17, 15) is 14.9 Å². The fourth-order valence-corrected chi connectivity index (χ4v) is 3.93. The lowest BCUT2D eigenvalue weighted by atomic mass is 10.00. The number of aromatic nitrogens is 1. The first-order valence-corrected chi connectivity index (χ1v) is 9.87. The van der Waals surface area contributed by atoms with E-state index in [4.69, 9.17) is 4.74 Å². The molecule has 0 unspecified atom stereocenters. The number of carbonyl (C=O) groups is 2. The standard InChI is InChI=1S/C20H21N3O3S/c1-2-14-5-7-15(8-6-14)18-22-16(12-27-18)19(25)26-11-17(24)23-20(13-21)9-3-4-10-20/h5-8,12H,2-4,9-11H2,1H3,(H,23,24). The van der Waals surface area contributed by atoms with Crippen LogP contribution >= 0.6 is 11.3 Å². The maximum Gasteiger partial charge on any atom is 0.358 e. The highest BCUT2D eigenvalue weighted by Gasteiger charge is 2.35. The fourth-order valence-electron chi connectivity index (χ4n) is 3.13. The predicted molar refractivity (Wildman–Crippen MR) is 102 cm³/mol. The van der Waals surface area contributed by atoms with Crippen molar-refractivity contribution in [3.05, 3.63) is 40.9 Å². The number of rotatable bonds is 6. The molecule has 1 amide bonds. The average Bonchev–Trinajstić information content (AvgIpc) is 3.36. The molecule has 0 saturated heterocycles. The lowest BCUT2D eigenvalue weighted by molar-refractivity contribution is -0.125. The topological polar surface area (TPSA) is 92.1 Å². The highest BCUT2D eigenvalue weighted by molar-refractivity contribution is 7.13. The molecule has 0 atom stereocenters. The molecule has 0 spiro atoms. The highest BCUT2D eigenvalue weighted by atomic mass is 32.1. The van der Waals surface area contributed by atoms with Gasteiger partial charge in [-0.1, -0.05) is 31.2 Å². The van der Waals surface area contributed by atoms with Gasteiger partial charge in [0.05, 0.1) is 6.07 Å². The van der Waals surface area contributed by atoms with Gasteiger partial charge in [0, 0.05) is 10.9 Å². The third-order valence-corrected chi connectivity index (χ3v) is 5.60. The third-order valence-electron chi connectivity index (χ3n) is 4.71. The van der Waals surface area contributed by atoms with Crippen molar-refractivity contribution >= 4 is 23.2 Å². The van der Waals surface area contributed by atoms with E-state index in [0.717, 1.165) is 29.8 Å². The summed E-state index contributed by atoms with van der Waals surface area (Å²) in [5.74, 6) is -1.10. The van der Waals surface area contributed by atoms with Crippen molar-refractivity contribution in [1.29, 1.82) is 5.26 Å². The minimum Gasteiger partial charge on any atom is -0.451 e. The zero-order valence-corrected chi connectivity index (χ0v) is 16.0. The molecule has 0 radical (unpaired) electrons. The first-order valence-electron chi connectivity index (χ1n) is 8.99. The molecule has 0 aliphatic heterocycles. The Morgan fingerprint density at radius 1 is 1.30 bits per heavy atom. The van der Waals surface area contributed by atoms with E-state index in [0.29, 0.717) is 12.8 Å². The number of esters is 1. The molecule has 3 rings (SSSR count). The molecule has 0 bridgehead atoms. The average molecular weight is 383 g/mol. The van der Waals surface area contributed by atoms with Crippen LogP contribution in [0.4, 0.5) is 0 Å². The smallest absolute Gasteiger partial charge is 0.358 e. The second kappa shape index (κ2) is 8.31. The molecule has 1 aromatic heterocycles. The van der Waals surface area contributed by atoms with Crippen LogP contribution in [-0.2, 0) is 16.0 Å². The lowest BCUT2D eigenvalue weighted by Gasteiger charge is -2.21. The van der Waals surface area contributed by atoms with E-state index in [2.05, 4.69) is 23.3 Å². The molecule has 1 aliphatic rings. The largest absolute Gasteiger partial charge is 0.451 e. The first kappa shape index (κ1) is 19.1. The van der Waals surface area contributed by atoms with E-state index >= 15 is 0 Å². The molecular formula is C20H21N3O3S. The summed E-state index contributed by atoms with van der Waals surface area (Å²) in [5, 5.41) is 14.3. The Balaban J connectivity index is 1.56. The van der Waals surface area contributed by atoms with Crippen molar-refractivity contribution < 1.29 is 14.3 Å². The Morgan fingerprint density at radius 3 is 2.63 bits per heavy atom. The Labute approximate surface area is 162 Å². The summed E-state index contributed by atoms with van der Waals surface area (Å²) in [4.78, 5) is 28.5. The summed E-state index contributed by atoms with van der Waals surface area (Å²) in [6.45, 7) is 1.67. The second-order valence-corrected chi connectivity index (χ2v) is 7.47. The van der Waals surface area contributed by atoms with Gasteiger partial charge in [-0.3, -0.25) is 4.79 Å². The van der Waals surface area contributed by atoms with Gasteiger partial charge in [0.25, 0.3) is 5.91 Å². The number of hydrogen-bond acceptors (Lipinski definition) is 6. The van der Waals surface area contributed by atoms with Gasteiger partial charge in [-0.25, -0.2) is 9.78 Å². The molecule has 1 saturated carbocycles. The Hall–Kier alpha value is -2.72. The number of aryl methyl sites for hydroxylation is 1. The number of carbonyl (C=O) groups excluding carboxylic acids is 2. The van der Waals surface area contributed by atoms with Gasteiger partial charge in [0.1, 0.15) is 10.5 Å². The number of nitrogens with zero attached hydrogens (tertiary/aromatic N) is 2. The Bertz CT molecular complexity index is 861. The Kier molecular flexibility index (Phi) is 5.87. The van der Waals surface area contributed by atoms with Crippen molar-refractivity contribution in [3.63, 3.8) is 0 Å². The van der Waals surface area contributed by atoms with Crippen LogP contribution in [0.3, 0.4) is 0 Å². The van der Waals surface area contributed by atoms with E-state index < -0.39 is 24.0 Å². The van der Waals surface area contributed by atoms with Crippen LogP contribution in [-0.4, -0.2) is 29.0 Å². The van der Waals surface area contributed by atoms with Crippen molar-refractivity contribution in [3.8, 4) is 16.6 Å². The molecule has 140 valence electrons. The minimum absolute atomic E-state index is 0.179. The van der Waals surface area contributed by atoms with Crippen LogP contribution in [0.25, 0.3) is 10.6 Å². The van der Waals surface area contributed by atoms with Gasteiger partial charge in [0.15, 0.2) is 12.3 Å². The number of amides is 1. The van der Waals surface area contributed by atoms with E-state index in [-0.39, 0.29) is 5.69 Å². The molecular weight excluding hydrogens is 362 g/mol. The van der Waals surface area contributed by atoms with Crippen LogP contribution in [0, 0.1) is 11.3 Å². The second-order valence-electron chi connectivity index (χ2n) is 6.61. The number of thiazole rings is 1. The maximum absolute atomic E-state index is 12.2. The van der Waals surface area contributed by atoms with Crippen LogP contribution in [0.2, 0.25) is 0 Å². The molecule has 1 aromatic carbocycles. The van der Waals surface area contributed by atoms with Crippen molar-refractivity contribution in [2.24, 2.45) is 0 Å². The van der Waals surface area contributed by atoms with Crippen LogP contribution in [0.1, 0.15) is 48.7 Å². The quantitative estimate of drug-likeness (QED) is 0.771. The van der Waals surface area contributed by atoms with Crippen molar-refractivity contribution in [2.45, 2.75) is 44.6 Å². The van der Waals surface area contributed by atoms with Gasteiger partial charge < -0.3 is 10.1 Å². The summed E-state index contributed by atoms with van der Waals surface area (Å²) in [7, 11) is 0. The van der Waals surface area contributed by atoms with Gasteiger partial charge in [-0.2, -0.15) is 5.26 Å². The SMILES string of the molecule is CCc1ccc(-c2nc(C(=O)OCC(=O)NC3(C#N)CCCC3)cs2)cc1. The number of nitriles is 1. The summed E-state index contributed by atoms with van der Waals surface area (Å²) in [6, 6.07) is 10.2. The molecule has 1 heterocycles. The lowest BCUT2D eigenvalue weighted by Crippen LogP contribution is -2.46. The molecule has 1 fully saturated rings. The third kappa shape index (κ3) is 4.52. The maximum atomic E-state index is 12.2. The zero-order chi connectivity index (χ0) is 19.3. The molecule has 2 aromatic rings. The van der Waals surface area contributed by atoms with Crippen LogP contribution < -0.4 is 5.32 Å². The zero-order valence-electron chi connectivity index (χ0n) is 15.2. The first-order chi connectivity index (χ1) is 13.0. The summed E-state index contributed by atoms with van der Waals surface area (Å²) in [6.07, 6.45) is 4.05. The molecule has 7 heteroatoms. The van der Waals surface area contributed by atoms with Gasteiger partial charge in [-0.05, 0) is 37.7 Å². The summed E-state index contributed by atoms with van der Waals surface area (Å²) in [5.41, 5.74) is 1.53. The molecule has 27 heavy (non-hydrogen) atoms. The highest BCUT2D eigenvalue weighted by Crippen LogP contribution is 2.29. The number of ether oxygens (including phenoxy) is 1. The fraction of sp³-hybridized carbons (Fsp3) is 0.400. The van der Waals surface area contributed by atoms with E-state index in [1.165, 1.54) is 16.9 Å². The number of benzene rings is 1.